The van der Waals surface area contributed by atoms with Gasteiger partial charge in [-0.15, -0.1) is 0 Å². The number of hydrogen-bond donors (Lipinski definition) is 1. The van der Waals surface area contributed by atoms with Crippen molar-refractivity contribution in [3.8, 4) is 0 Å². The van der Waals surface area contributed by atoms with Crippen LogP contribution in [0.5, 0.6) is 0 Å². The Hall–Kier alpha value is -1.89. The largest absolute Gasteiger partial charge is 0.468 e. The summed E-state index contributed by atoms with van der Waals surface area (Å²) < 4.78 is 12.3. The number of ether oxygens (including phenoxy) is 2. The lowest BCUT2D eigenvalue weighted by Gasteiger charge is -2.13. The van der Waals surface area contributed by atoms with Crippen LogP contribution in [0, 0.1) is 0 Å². The number of nitrogens with two attached hydrogens (primary N) is 1. The second kappa shape index (κ2) is 6.93. The lowest BCUT2D eigenvalue weighted by molar-refractivity contribution is -0.142. The van der Waals surface area contributed by atoms with Gasteiger partial charge in [0.25, 0.3) is 0 Å². The fourth-order valence-electron chi connectivity index (χ4n) is 3.38. The van der Waals surface area contributed by atoms with E-state index in [1.165, 1.54) is 18.2 Å². The summed E-state index contributed by atoms with van der Waals surface area (Å²) in [6.45, 7) is 6.27. The number of rotatable bonds is 6. The highest BCUT2D eigenvalue weighted by Gasteiger charge is 2.25. The average Bonchev–Trinajstić information content (AvgIpc) is 3.12. The Kier molecular flexibility index (Phi) is 4.89. The first kappa shape index (κ1) is 17.0. The molecule has 1 aliphatic rings. The third kappa shape index (κ3) is 3.05. The quantitative estimate of drug-likeness (QED) is 0.644. The fourth-order valence-corrected chi connectivity index (χ4v) is 3.38. The molecule has 1 aliphatic heterocycles. The second-order valence-corrected chi connectivity index (χ2v) is 6.24. The van der Waals surface area contributed by atoms with Crippen LogP contribution in [0.1, 0.15) is 29.7 Å². The van der Waals surface area contributed by atoms with Gasteiger partial charge in [-0.1, -0.05) is 0 Å². The highest BCUT2D eigenvalue weighted by atomic mass is 16.5. The normalized spacial score (nSPS) is 15.7. The van der Waals surface area contributed by atoms with E-state index < -0.39 is 12.0 Å². The first-order valence-electron chi connectivity index (χ1n) is 8.29. The van der Waals surface area contributed by atoms with Gasteiger partial charge in [-0.2, -0.15) is 0 Å². The van der Waals surface area contributed by atoms with Gasteiger partial charge < -0.3 is 19.8 Å². The second-order valence-electron chi connectivity index (χ2n) is 6.24. The summed E-state index contributed by atoms with van der Waals surface area (Å²) >= 11 is 0. The Morgan fingerprint density at radius 3 is 2.71 bits per heavy atom. The Morgan fingerprint density at radius 1 is 1.33 bits per heavy atom. The van der Waals surface area contributed by atoms with Gasteiger partial charge in [0.05, 0.1) is 13.7 Å². The maximum Gasteiger partial charge on any atom is 0.327 e. The molecule has 2 N–H and O–H groups in total. The van der Waals surface area contributed by atoms with E-state index in [1.54, 1.807) is 0 Å². The predicted molar refractivity (Wildman–Crippen MR) is 92.5 cm³/mol. The lowest BCUT2D eigenvalue weighted by atomic mass is 10.0. The molecule has 2 heterocycles. The minimum atomic E-state index is -0.757. The number of carbonyl (C=O) groups excluding carboxylic acids is 1. The number of benzene rings is 1. The number of hydrogen-bond acceptors (Lipinski definition) is 5. The Bertz CT molecular complexity index is 754. The van der Waals surface area contributed by atoms with Crippen LogP contribution in [-0.2, 0) is 34.4 Å². The molecule has 0 bridgehead atoms. The highest BCUT2D eigenvalue weighted by Crippen LogP contribution is 2.32. The standard InChI is InChI=1S/C18H25N3O3/c1-4-24-6-5-21-9-12-7-14-15(17(19)18(22)23-3)11-20(2)16(14)8-13(12)10-21/h7-8,11,17H,4-6,9-10,19H2,1-3H3. The number of esters is 1. The van der Waals surface area contributed by atoms with Gasteiger partial charge >= 0.3 is 5.97 Å². The van der Waals surface area contributed by atoms with Gasteiger partial charge in [0.1, 0.15) is 6.04 Å². The van der Waals surface area contributed by atoms with E-state index in [0.717, 1.165) is 49.3 Å². The zero-order valence-corrected chi connectivity index (χ0v) is 14.5. The van der Waals surface area contributed by atoms with E-state index in [0.29, 0.717) is 0 Å². The van der Waals surface area contributed by atoms with Crippen molar-refractivity contribution in [1.29, 1.82) is 0 Å². The first-order valence-corrected chi connectivity index (χ1v) is 8.29. The van der Waals surface area contributed by atoms with Crippen molar-refractivity contribution in [1.82, 2.24) is 9.47 Å². The van der Waals surface area contributed by atoms with Crippen LogP contribution < -0.4 is 5.73 Å². The van der Waals surface area contributed by atoms with Crippen LogP contribution in [0.4, 0.5) is 0 Å². The molecular formula is C18H25N3O3. The molecule has 0 aliphatic carbocycles. The summed E-state index contributed by atoms with van der Waals surface area (Å²) in [6.07, 6.45) is 1.92. The van der Waals surface area contributed by atoms with Gasteiger partial charge in [-0.05, 0) is 30.2 Å². The van der Waals surface area contributed by atoms with Crippen LogP contribution in [-0.4, -0.2) is 42.3 Å². The third-order valence-corrected chi connectivity index (χ3v) is 4.68. The molecule has 0 radical (unpaired) electrons. The van der Waals surface area contributed by atoms with E-state index >= 15 is 0 Å². The number of aromatic nitrogens is 1. The molecule has 0 amide bonds. The zero-order valence-electron chi connectivity index (χ0n) is 14.5. The van der Waals surface area contributed by atoms with Gasteiger partial charge in [0.15, 0.2) is 0 Å². The summed E-state index contributed by atoms with van der Waals surface area (Å²) in [6, 6.07) is 3.62. The van der Waals surface area contributed by atoms with Gasteiger partial charge in [0, 0.05) is 56.0 Å². The van der Waals surface area contributed by atoms with Crippen LogP contribution in [0.15, 0.2) is 18.3 Å². The Labute approximate surface area is 142 Å². The summed E-state index contributed by atoms with van der Waals surface area (Å²) in [5, 5.41) is 1.03. The molecule has 24 heavy (non-hydrogen) atoms. The highest BCUT2D eigenvalue weighted by molar-refractivity contribution is 5.91. The summed E-state index contributed by atoms with van der Waals surface area (Å²) in [7, 11) is 3.34. The molecule has 130 valence electrons. The zero-order chi connectivity index (χ0) is 17.3. The predicted octanol–water partition coefficient (Wildman–Crippen LogP) is 1.70. The maximum absolute atomic E-state index is 11.8. The lowest BCUT2D eigenvalue weighted by Crippen LogP contribution is -2.22. The molecule has 0 spiro atoms. The molecule has 0 saturated carbocycles. The van der Waals surface area contributed by atoms with Crippen molar-refractivity contribution in [3.05, 3.63) is 35.0 Å². The molecule has 0 fully saturated rings. The third-order valence-electron chi connectivity index (χ3n) is 4.68. The molecule has 6 heteroatoms. The van der Waals surface area contributed by atoms with Crippen LogP contribution in [0.2, 0.25) is 0 Å². The first-order chi connectivity index (χ1) is 11.5. The van der Waals surface area contributed by atoms with Crippen LogP contribution in [0.3, 0.4) is 0 Å². The maximum atomic E-state index is 11.8. The molecule has 1 unspecified atom stereocenters. The van der Waals surface area contributed by atoms with Gasteiger partial charge in [-0.25, -0.2) is 0 Å². The molecule has 0 saturated heterocycles. The number of methoxy groups -OCH3 is 1. The van der Waals surface area contributed by atoms with Crippen molar-refractivity contribution in [2.24, 2.45) is 12.8 Å². The number of nitrogens with zero attached hydrogens (tertiary/aromatic N) is 2. The number of aryl methyl sites for hydroxylation is 1. The van der Waals surface area contributed by atoms with Gasteiger partial charge in [0.2, 0.25) is 0 Å². The van der Waals surface area contributed by atoms with Crippen LogP contribution >= 0.6 is 0 Å². The van der Waals surface area contributed by atoms with Crippen molar-refractivity contribution < 1.29 is 14.3 Å². The van der Waals surface area contributed by atoms with Crippen molar-refractivity contribution in [2.45, 2.75) is 26.1 Å². The minimum Gasteiger partial charge on any atom is -0.468 e. The Morgan fingerprint density at radius 2 is 2.04 bits per heavy atom. The van der Waals surface area contributed by atoms with Crippen molar-refractivity contribution >= 4 is 16.9 Å². The minimum absolute atomic E-state index is 0.415. The summed E-state index contributed by atoms with van der Waals surface area (Å²) in [4.78, 5) is 14.2. The average molecular weight is 331 g/mol. The van der Waals surface area contributed by atoms with Gasteiger partial charge in [-0.3, -0.25) is 9.69 Å². The van der Waals surface area contributed by atoms with E-state index in [2.05, 4.69) is 17.0 Å². The number of fused-ring (bicyclic) bond motifs is 2. The fraction of sp³-hybridized carbons (Fsp3) is 0.500. The van der Waals surface area contributed by atoms with Crippen LogP contribution in [0.25, 0.3) is 10.9 Å². The molecular weight excluding hydrogens is 306 g/mol. The SMILES string of the molecule is CCOCCN1Cc2cc3c(C(N)C(=O)OC)cn(C)c3cc2C1. The van der Waals surface area contributed by atoms with E-state index in [9.17, 15) is 4.79 Å². The monoisotopic (exact) mass is 331 g/mol. The topological polar surface area (TPSA) is 69.7 Å². The van der Waals surface area contributed by atoms with E-state index in [4.69, 9.17) is 15.2 Å². The molecule has 6 nitrogen and oxygen atoms in total. The van der Waals surface area contributed by atoms with Crippen molar-refractivity contribution in [3.63, 3.8) is 0 Å². The number of carbonyl (C=O) groups is 1. The summed E-state index contributed by atoms with van der Waals surface area (Å²) in [5.41, 5.74) is 10.6. The van der Waals surface area contributed by atoms with E-state index in [1.807, 2.05) is 24.7 Å². The Balaban J connectivity index is 1.90. The van der Waals surface area contributed by atoms with E-state index in [-0.39, 0.29) is 0 Å². The van der Waals surface area contributed by atoms with Crippen molar-refractivity contribution in [2.75, 3.05) is 26.9 Å². The molecule has 3 rings (SSSR count). The molecule has 1 aromatic heterocycles. The molecule has 1 aromatic carbocycles. The summed E-state index contributed by atoms with van der Waals surface area (Å²) in [5.74, 6) is -0.415. The smallest absolute Gasteiger partial charge is 0.327 e. The molecule has 2 aromatic rings. The molecule has 1 atom stereocenters.